The number of ether oxygens (including phenoxy) is 2. The summed E-state index contributed by atoms with van der Waals surface area (Å²) in [6.07, 6.45) is 1.20. The van der Waals surface area contributed by atoms with Gasteiger partial charge in [0.25, 0.3) is 5.79 Å². The highest BCUT2D eigenvalue weighted by atomic mass is 16.7. The molecule has 7 heteroatoms. The van der Waals surface area contributed by atoms with Crippen molar-refractivity contribution in [2.45, 2.75) is 26.6 Å². The maximum atomic E-state index is 11.9. The van der Waals surface area contributed by atoms with Gasteiger partial charge in [-0.25, -0.2) is 14.4 Å². The summed E-state index contributed by atoms with van der Waals surface area (Å²) in [4.78, 5) is 35.2. The largest absolute Gasteiger partial charge is 0.423 e. The van der Waals surface area contributed by atoms with Crippen LogP contribution in [0.15, 0.2) is 45.3 Å². The Balaban J connectivity index is 1.89. The highest BCUT2D eigenvalue weighted by molar-refractivity contribution is 6.15. The molecule has 1 saturated heterocycles. The van der Waals surface area contributed by atoms with E-state index < -0.39 is 23.4 Å². The van der Waals surface area contributed by atoms with Crippen LogP contribution >= 0.6 is 0 Å². The van der Waals surface area contributed by atoms with Crippen molar-refractivity contribution in [3.63, 3.8) is 0 Å². The van der Waals surface area contributed by atoms with Crippen LogP contribution in [0.3, 0.4) is 0 Å². The molecule has 0 aliphatic carbocycles. The molecular weight excluding hydrogens is 314 g/mol. The van der Waals surface area contributed by atoms with E-state index in [0.717, 1.165) is 10.9 Å². The summed E-state index contributed by atoms with van der Waals surface area (Å²) >= 11 is 0. The maximum Gasteiger partial charge on any atom is 0.350 e. The summed E-state index contributed by atoms with van der Waals surface area (Å²) < 4.78 is 15.1. The lowest BCUT2D eigenvalue weighted by molar-refractivity contribution is -0.222. The van der Waals surface area contributed by atoms with Crippen LogP contribution < -0.4 is 10.9 Å². The van der Waals surface area contributed by atoms with Gasteiger partial charge in [-0.05, 0) is 24.6 Å². The van der Waals surface area contributed by atoms with Crippen molar-refractivity contribution in [3.05, 3.63) is 52.0 Å². The molecule has 0 atom stereocenters. The van der Waals surface area contributed by atoms with E-state index in [0.29, 0.717) is 11.3 Å². The fourth-order valence-corrected chi connectivity index (χ4v) is 2.35. The minimum absolute atomic E-state index is 0.250. The van der Waals surface area contributed by atoms with Gasteiger partial charge in [0.15, 0.2) is 5.57 Å². The van der Waals surface area contributed by atoms with Gasteiger partial charge in [-0.1, -0.05) is 0 Å². The minimum atomic E-state index is -1.28. The lowest BCUT2D eigenvalue weighted by Gasteiger charge is -2.29. The molecule has 0 spiro atoms. The van der Waals surface area contributed by atoms with E-state index in [1.807, 2.05) is 6.92 Å². The summed E-state index contributed by atoms with van der Waals surface area (Å²) in [7, 11) is 0. The quantitative estimate of drug-likeness (QED) is 0.391. The van der Waals surface area contributed by atoms with Gasteiger partial charge >= 0.3 is 17.6 Å². The number of aryl methyl sites for hydroxylation is 1. The van der Waals surface area contributed by atoms with E-state index in [-0.39, 0.29) is 5.57 Å². The zero-order valence-electron chi connectivity index (χ0n) is 13.3. The van der Waals surface area contributed by atoms with Gasteiger partial charge in [-0.2, -0.15) is 0 Å². The van der Waals surface area contributed by atoms with E-state index in [9.17, 15) is 14.4 Å². The first-order chi connectivity index (χ1) is 11.2. The van der Waals surface area contributed by atoms with Crippen molar-refractivity contribution in [3.8, 4) is 0 Å². The van der Waals surface area contributed by atoms with E-state index in [4.69, 9.17) is 13.9 Å². The third-order valence-electron chi connectivity index (χ3n) is 3.45. The summed E-state index contributed by atoms with van der Waals surface area (Å²) in [5, 5.41) is 3.61. The van der Waals surface area contributed by atoms with Crippen molar-refractivity contribution in [1.29, 1.82) is 0 Å². The van der Waals surface area contributed by atoms with Crippen molar-refractivity contribution in [1.82, 2.24) is 0 Å². The second-order valence-corrected chi connectivity index (χ2v) is 5.84. The second kappa shape index (κ2) is 5.52. The first kappa shape index (κ1) is 15.8. The van der Waals surface area contributed by atoms with Gasteiger partial charge in [0.05, 0.1) is 0 Å². The predicted octanol–water partition coefficient (Wildman–Crippen LogP) is 2.23. The molecule has 0 amide bonds. The Bertz CT molecular complexity index is 916. The summed E-state index contributed by atoms with van der Waals surface area (Å²) in [5.74, 6) is -2.83. The average Bonchev–Trinajstić information content (AvgIpc) is 2.44. The monoisotopic (exact) mass is 329 g/mol. The maximum absolute atomic E-state index is 11.9. The Hall–Kier alpha value is -3.09. The molecule has 2 aromatic rings. The molecule has 0 unspecified atom stereocenters. The number of hydrogen-bond acceptors (Lipinski definition) is 7. The van der Waals surface area contributed by atoms with Crippen molar-refractivity contribution >= 4 is 28.6 Å². The number of esters is 2. The third kappa shape index (κ3) is 3.01. The van der Waals surface area contributed by atoms with Gasteiger partial charge in [-0.3, -0.25) is 0 Å². The first-order valence-corrected chi connectivity index (χ1v) is 7.23. The van der Waals surface area contributed by atoms with Gasteiger partial charge in [0.1, 0.15) is 5.58 Å². The lowest BCUT2D eigenvalue weighted by atomic mass is 10.1. The SMILES string of the molecule is Cc1cc(=O)oc2cc(NC=C3C(=O)OC(C)(C)OC3=O)ccc12. The molecule has 1 N–H and O–H groups in total. The highest BCUT2D eigenvalue weighted by Gasteiger charge is 2.38. The molecule has 24 heavy (non-hydrogen) atoms. The molecule has 3 rings (SSSR count). The fourth-order valence-electron chi connectivity index (χ4n) is 2.35. The smallest absolute Gasteiger partial charge is 0.350 e. The summed E-state index contributed by atoms with van der Waals surface area (Å²) in [5.41, 5.74) is 1.04. The van der Waals surface area contributed by atoms with Crippen LogP contribution in [0.4, 0.5) is 5.69 Å². The van der Waals surface area contributed by atoms with Crippen LogP contribution in [0.25, 0.3) is 11.0 Å². The van der Waals surface area contributed by atoms with Crippen LogP contribution in [0.2, 0.25) is 0 Å². The van der Waals surface area contributed by atoms with E-state index in [1.165, 1.54) is 26.1 Å². The van der Waals surface area contributed by atoms with Gasteiger partial charge < -0.3 is 19.2 Å². The molecule has 2 heterocycles. The molecule has 124 valence electrons. The zero-order valence-corrected chi connectivity index (χ0v) is 13.3. The molecular formula is C17H15NO6. The number of benzene rings is 1. The number of cyclic esters (lactones) is 2. The van der Waals surface area contributed by atoms with Crippen molar-refractivity contribution < 1.29 is 23.5 Å². The number of carbonyl (C=O) groups excluding carboxylic acids is 2. The number of rotatable bonds is 2. The second-order valence-electron chi connectivity index (χ2n) is 5.84. The number of nitrogens with one attached hydrogen (secondary N) is 1. The normalized spacial score (nSPS) is 16.5. The molecule has 1 aliphatic heterocycles. The van der Waals surface area contributed by atoms with Gasteiger partial charge in [0, 0.05) is 43.3 Å². The zero-order chi connectivity index (χ0) is 17.5. The first-order valence-electron chi connectivity index (χ1n) is 7.23. The third-order valence-corrected chi connectivity index (χ3v) is 3.45. The van der Waals surface area contributed by atoms with Gasteiger partial charge in [-0.15, -0.1) is 0 Å². The molecule has 1 aliphatic rings. The molecule has 1 fully saturated rings. The molecule has 0 bridgehead atoms. The van der Waals surface area contributed by atoms with Crippen LogP contribution in [0.5, 0.6) is 0 Å². The number of fused-ring (bicyclic) bond motifs is 1. The minimum Gasteiger partial charge on any atom is -0.423 e. The Morgan fingerprint density at radius 3 is 2.38 bits per heavy atom. The predicted molar refractivity (Wildman–Crippen MR) is 85.2 cm³/mol. The molecule has 7 nitrogen and oxygen atoms in total. The number of anilines is 1. The molecule has 0 saturated carbocycles. The van der Waals surface area contributed by atoms with Crippen LogP contribution in [-0.4, -0.2) is 17.7 Å². The van der Waals surface area contributed by atoms with E-state index >= 15 is 0 Å². The number of carbonyl (C=O) groups is 2. The molecule has 1 aromatic heterocycles. The van der Waals surface area contributed by atoms with Crippen LogP contribution in [0.1, 0.15) is 19.4 Å². The van der Waals surface area contributed by atoms with E-state index in [1.54, 1.807) is 18.2 Å². The Morgan fingerprint density at radius 2 is 1.71 bits per heavy atom. The van der Waals surface area contributed by atoms with E-state index in [2.05, 4.69) is 5.32 Å². The molecule has 0 radical (unpaired) electrons. The summed E-state index contributed by atoms with van der Waals surface area (Å²) in [6.45, 7) is 4.76. The Kier molecular flexibility index (Phi) is 3.63. The van der Waals surface area contributed by atoms with Crippen molar-refractivity contribution in [2.24, 2.45) is 0 Å². The topological polar surface area (TPSA) is 94.8 Å². The standard InChI is InChI=1S/C17H15NO6/c1-9-6-14(19)22-13-7-10(4-5-11(9)13)18-8-12-15(20)23-17(2,3)24-16(12)21/h4-8,18H,1-3H3. The van der Waals surface area contributed by atoms with Gasteiger partial charge in [0.2, 0.25) is 0 Å². The highest BCUT2D eigenvalue weighted by Crippen LogP contribution is 2.24. The Morgan fingerprint density at radius 1 is 1.04 bits per heavy atom. The van der Waals surface area contributed by atoms with Crippen LogP contribution in [-0.2, 0) is 19.1 Å². The average molecular weight is 329 g/mol. The van der Waals surface area contributed by atoms with Crippen LogP contribution in [0, 0.1) is 6.92 Å². The lowest BCUT2D eigenvalue weighted by Crippen LogP contribution is -2.42. The molecule has 1 aromatic carbocycles. The Labute approximate surface area is 136 Å². The number of hydrogen-bond donors (Lipinski definition) is 1. The fraction of sp³-hybridized carbons (Fsp3) is 0.235. The summed E-state index contributed by atoms with van der Waals surface area (Å²) in [6, 6.07) is 6.52. The van der Waals surface area contributed by atoms with Crippen molar-refractivity contribution in [2.75, 3.05) is 5.32 Å².